The summed E-state index contributed by atoms with van der Waals surface area (Å²) in [6.45, 7) is 2.94. The van der Waals surface area contributed by atoms with Gasteiger partial charge in [-0.05, 0) is 43.2 Å². The Hall–Kier alpha value is -1.85. The molecule has 0 aliphatic heterocycles. The van der Waals surface area contributed by atoms with E-state index in [1.54, 1.807) is 30.3 Å². The zero-order chi connectivity index (χ0) is 15.1. The predicted octanol–water partition coefficient (Wildman–Crippen LogP) is 2.61. The van der Waals surface area contributed by atoms with Crippen molar-refractivity contribution >= 4 is 10.0 Å². The van der Waals surface area contributed by atoms with Crippen LogP contribution in [0.4, 0.5) is 0 Å². The number of hydrogen-bond acceptors (Lipinski definition) is 3. The van der Waals surface area contributed by atoms with Crippen molar-refractivity contribution in [3.63, 3.8) is 0 Å². The van der Waals surface area contributed by atoms with E-state index < -0.39 is 10.0 Å². The lowest BCUT2D eigenvalue weighted by Crippen LogP contribution is -2.25. The highest BCUT2D eigenvalue weighted by molar-refractivity contribution is 7.89. The number of sulfonamides is 1. The monoisotopic (exact) mass is 305 g/mol. The first-order chi connectivity index (χ1) is 10.1. The molecule has 0 radical (unpaired) electrons. The first-order valence-electron chi connectivity index (χ1n) is 6.88. The van der Waals surface area contributed by atoms with Crippen LogP contribution in [0.25, 0.3) is 0 Å². The summed E-state index contributed by atoms with van der Waals surface area (Å²) in [5.41, 5.74) is 1.06. The van der Waals surface area contributed by atoms with E-state index in [0.717, 1.165) is 11.3 Å². The van der Waals surface area contributed by atoms with E-state index in [-0.39, 0.29) is 4.90 Å². The molecule has 21 heavy (non-hydrogen) atoms. The molecule has 0 aliphatic carbocycles. The van der Waals surface area contributed by atoms with Gasteiger partial charge in [0, 0.05) is 6.54 Å². The lowest BCUT2D eigenvalue weighted by Gasteiger charge is -2.07. The highest BCUT2D eigenvalue weighted by atomic mass is 32.2. The van der Waals surface area contributed by atoms with E-state index in [0.29, 0.717) is 19.6 Å². The minimum absolute atomic E-state index is 0.289. The van der Waals surface area contributed by atoms with Gasteiger partial charge < -0.3 is 4.74 Å². The first-order valence-corrected chi connectivity index (χ1v) is 8.36. The van der Waals surface area contributed by atoms with E-state index in [1.807, 2.05) is 31.2 Å². The lowest BCUT2D eigenvalue weighted by molar-refractivity contribution is 0.340. The highest BCUT2D eigenvalue weighted by Gasteiger charge is 2.11. The summed E-state index contributed by atoms with van der Waals surface area (Å²) in [6, 6.07) is 16.1. The van der Waals surface area contributed by atoms with Gasteiger partial charge >= 0.3 is 0 Å². The van der Waals surface area contributed by atoms with Crippen molar-refractivity contribution < 1.29 is 13.2 Å². The molecule has 2 aromatic carbocycles. The Morgan fingerprint density at radius 1 is 1.00 bits per heavy atom. The third kappa shape index (κ3) is 4.58. The molecule has 0 aliphatic rings. The molecule has 0 spiro atoms. The van der Waals surface area contributed by atoms with Crippen molar-refractivity contribution in [2.45, 2.75) is 18.2 Å². The van der Waals surface area contributed by atoms with Gasteiger partial charge in [-0.15, -0.1) is 0 Å². The van der Waals surface area contributed by atoms with Crippen LogP contribution in [0.5, 0.6) is 5.75 Å². The summed E-state index contributed by atoms with van der Waals surface area (Å²) < 4.78 is 32.0. The number of hydrogen-bond donors (Lipinski definition) is 1. The molecule has 0 saturated heterocycles. The normalized spacial score (nSPS) is 11.3. The molecule has 0 aromatic heterocycles. The van der Waals surface area contributed by atoms with Crippen LogP contribution in [-0.2, 0) is 16.4 Å². The molecule has 4 nitrogen and oxygen atoms in total. The Kier molecular flexibility index (Phi) is 5.36. The molecule has 112 valence electrons. The van der Waals surface area contributed by atoms with Gasteiger partial charge in [-0.1, -0.05) is 30.3 Å². The lowest BCUT2D eigenvalue weighted by atomic mass is 10.1. The fraction of sp³-hybridized carbons (Fsp3) is 0.250. The number of benzene rings is 2. The van der Waals surface area contributed by atoms with Crippen LogP contribution in [0.1, 0.15) is 12.5 Å². The van der Waals surface area contributed by atoms with Gasteiger partial charge in [0.25, 0.3) is 0 Å². The van der Waals surface area contributed by atoms with Gasteiger partial charge in [-0.25, -0.2) is 13.1 Å². The van der Waals surface area contributed by atoms with E-state index in [1.165, 1.54) is 0 Å². The zero-order valence-electron chi connectivity index (χ0n) is 12.0. The molecule has 0 amide bonds. The van der Waals surface area contributed by atoms with Crippen LogP contribution in [-0.4, -0.2) is 21.6 Å². The second-order valence-electron chi connectivity index (χ2n) is 4.54. The maximum absolute atomic E-state index is 12.0. The third-order valence-corrected chi connectivity index (χ3v) is 4.47. The van der Waals surface area contributed by atoms with Gasteiger partial charge in [-0.2, -0.15) is 0 Å². The molecule has 2 rings (SSSR count). The number of rotatable bonds is 7. The quantitative estimate of drug-likeness (QED) is 0.855. The first kappa shape index (κ1) is 15.5. The van der Waals surface area contributed by atoms with Crippen molar-refractivity contribution in [2.75, 3.05) is 13.2 Å². The molecule has 5 heteroatoms. The summed E-state index contributed by atoms with van der Waals surface area (Å²) in [4.78, 5) is 0.289. The molecule has 0 heterocycles. The summed E-state index contributed by atoms with van der Waals surface area (Å²) in [5.74, 6) is 0.825. The SMILES string of the molecule is CCOc1ccc(CCNS(=O)(=O)c2ccccc2)cc1. The summed E-state index contributed by atoms with van der Waals surface area (Å²) in [7, 11) is -3.42. The Balaban J connectivity index is 1.89. The standard InChI is InChI=1S/C16H19NO3S/c1-2-20-15-10-8-14(9-11-15)12-13-17-21(18,19)16-6-4-3-5-7-16/h3-11,17H,2,12-13H2,1H3. The van der Waals surface area contributed by atoms with Crippen LogP contribution in [0, 0.1) is 0 Å². The third-order valence-electron chi connectivity index (χ3n) is 2.99. The van der Waals surface area contributed by atoms with Gasteiger partial charge in [-0.3, -0.25) is 0 Å². The molecule has 0 bridgehead atoms. The van der Waals surface area contributed by atoms with E-state index in [2.05, 4.69) is 4.72 Å². The molecular formula is C16H19NO3S. The van der Waals surface area contributed by atoms with Gasteiger partial charge in [0.05, 0.1) is 11.5 Å². The van der Waals surface area contributed by atoms with Crippen LogP contribution in [0.15, 0.2) is 59.5 Å². The number of ether oxygens (including phenoxy) is 1. The highest BCUT2D eigenvalue weighted by Crippen LogP contribution is 2.12. The average Bonchev–Trinajstić information content (AvgIpc) is 2.50. The fourth-order valence-electron chi connectivity index (χ4n) is 1.93. The minimum atomic E-state index is -3.42. The topological polar surface area (TPSA) is 55.4 Å². The molecule has 1 N–H and O–H groups in total. The number of nitrogens with one attached hydrogen (secondary N) is 1. The van der Waals surface area contributed by atoms with Crippen molar-refractivity contribution in [2.24, 2.45) is 0 Å². The van der Waals surface area contributed by atoms with Crippen LogP contribution >= 0.6 is 0 Å². The minimum Gasteiger partial charge on any atom is -0.494 e. The van der Waals surface area contributed by atoms with Crippen molar-refractivity contribution in [3.8, 4) is 5.75 Å². The zero-order valence-corrected chi connectivity index (χ0v) is 12.8. The van der Waals surface area contributed by atoms with Crippen molar-refractivity contribution in [1.82, 2.24) is 4.72 Å². The van der Waals surface area contributed by atoms with Gasteiger partial charge in [0.1, 0.15) is 5.75 Å². The molecule has 2 aromatic rings. The fourth-order valence-corrected chi connectivity index (χ4v) is 2.98. The van der Waals surface area contributed by atoms with Crippen molar-refractivity contribution in [1.29, 1.82) is 0 Å². The molecule has 0 saturated carbocycles. The van der Waals surface area contributed by atoms with E-state index in [4.69, 9.17) is 4.74 Å². The van der Waals surface area contributed by atoms with Gasteiger partial charge in [0.15, 0.2) is 0 Å². The van der Waals surface area contributed by atoms with Crippen LogP contribution in [0.3, 0.4) is 0 Å². The second-order valence-corrected chi connectivity index (χ2v) is 6.30. The average molecular weight is 305 g/mol. The van der Waals surface area contributed by atoms with E-state index >= 15 is 0 Å². The summed E-state index contributed by atoms with van der Waals surface area (Å²) >= 11 is 0. The summed E-state index contributed by atoms with van der Waals surface area (Å²) in [5, 5.41) is 0. The van der Waals surface area contributed by atoms with Crippen molar-refractivity contribution in [3.05, 3.63) is 60.2 Å². The summed E-state index contributed by atoms with van der Waals surface area (Å²) in [6.07, 6.45) is 0.637. The predicted molar refractivity (Wildman–Crippen MR) is 82.9 cm³/mol. The Morgan fingerprint density at radius 2 is 1.67 bits per heavy atom. The van der Waals surface area contributed by atoms with Crippen LogP contribution < -0.4 is 9.46 Å². The second kappa shape index (κ2) is 7.24. The molecule has 0 atom stereocenters. The maximum Gasteiger partial charge on any atom is 0.240 e. The largest absolute Gasteiger partial charge is 0.494 e. The Bertz CT molecular complexity index is 652. The molecule has 0 unspecified atom stereocenters. The maximum atomic E-state index is 12.0. The smallest absolute Gasteiger partial charge is 0.240 e. The Morgan fingerprint density at radius 3 is 2.29 bits per heavy atom. The molecule has 0 fully saturated rings. The Labute approximate surface area is 125 Å². The van der Waals surface area contributed by atoms with E-state index in [9.17, 15) is 8.42 Å². The van der Waals surface area contributed by atoms with Crippen LogP contribution in [0.2, 0.25) is 0 Å². The molecular weight excluding hydrogens is 286 g/mol. The van der Waals surface area contributed by atoms with Gasteiger partial charge in [0.2, 0.25) is 10.0 Å².